The average Bonchev–Trinajstić information content (AvgIpc) is 2.43. The molecule has 1 rings (SSSR count). The summed E-state index contributed by atoms with van der Waals surface area (Å²) in [6.45, 7) is 4.61. The van der Waals surface area contributed by atoms with Crippen LogP contribution in [0.25, 0.3) is 0 Å². The van der Waals surface area contributed by atoms with Crippen molar-refractivity contribution < 1.29 is 19.3 Å². The Morgan fingerprint density at radius 2 is 1.81 bits per heavy atom. The normalized spacial score (nSPS) is 11.8. The number of ether oxygens (including phenoxy) is 3. The second-order valence-corrected chi connectivity index (χ2v) is 5.05. The van der Waals surface area contributed by atoms with Gasteiger partial charge in [0.15, 0.2) is 0 Å². The molecular formula is C14H23Cl2NO4. The highest BCUT2D eigenvalue weighted by Gasteiger charge is 2.13. The fourth-order valence-corrected chi connectivity index (χ4v) is 1.78. The van der Waals surface area contributed by atoms with Crippen LogP contribution in [0.15, 0.2) is 12.1 Å². The van der Waals surface area contributed by atoms with Crippen LogP contribution in [0.1, 0.15) is 13.8 Å². The van der Waals surface area contributed by atoms with E-state index in [1.807, 2.05) is 13.8 Å². The fraction of sp³-hybridized carbons (Fsp3) is 0.571. The van der Waals surface area contributed by atoms with Crippen molar-refractivity contribution in [1.82, 2.24) is 5.32 Å². The SMILES string of the molecule is COc1cc(OC)c(Cl)c(OCC(O)CNC(C)C)c1.Cl. The van der Waals surface area contributed by atoms with Crippen molar-refractivity contribution in [2.24, 2.45) is 0 Å². The molecule has 0 amide bonds. The third-order valence-corrected chi connectivity index (χ3v) is 3.00. The van der Waals surface area contributed by atoms with E-state index >= 15 is 0 Å². The summed E-state index contributed by atoms with van der Waals surface area (Å²) in [7, 11) is 3.07. The number of rotatable bonds is 8. The van der Waals surface area contributed by atoms with Crippen LogP contribution in [0.5, 0.6) is 17.2 Å². The zero-order valence-electron chi connectivity index (χ0n) is 12.7. The van der Waals surface area contributed by atoms with Crippen molar-refractivity contribution in [2.75, 3.05) is 27.4 Å². The van der Waals surface area contributed by atoms with E-state index in [0.29, 0.717) is 34.9 Å². The minimum Gasteiger partial charge on any atom is -0.496 e. The van der Waals surface area contributed by atoms with Gasteiger partial charge in [-0.1, -0.05) is 25.4 Å². The van der Waals surface area contributed by atoms with Gasteiger partial charge >= 0.3 is 0 Å². The van der Waals surface area contributed by atoms with E-state index in [9.17, 15) is 5.11 Å². The summed E-state index contributed by atoms with van der Waals surface area (Å²) in [6, 6.07) is 3.64. The van der Waals surface area contributed by atoms with Gasteiger partial charge in [0.25, 0.3) is 0 Å². The van der Waals surface area contributed by atoms with Gasteiger partial charge in [0.1, 0.15) is 35.0 Å². The lowest BCUT2D eigenvalue weighted by atomic mass is 10.3. The van der Waals surface area contributed by atoms with Crippen molar-refractivity contribution in [1.29, 1.82) is 0 Å². The standard InChI is InChI=1S/C14H22ClNO4.ClH/c1-9(2)16-7-10(17)8-20-13-6-11(18-3)5-12(19-4)14(13)15;/h5-6,9-10,16-17H,7-8H2,1-4H3;1H. The van der Waals surface area contributed by atoms with Crippen molar-refractivity contribution in [3.63, 3.8) is 0 Å². The first-order valence-corrected chi connectivity index (χ1v) is 6.81. The summed E-state index contributed by atoms with van der Waals surface area (Å²) in [6.07, 6.45) is -0.620. The summed E-state index contributed by atoms with van der Waals surface area (Å²) in [5.41, 5.74) is 0. The molecule has 0 saturated carbocycles. The highest BCUT2D eigenvalue weighted by atomic mass is 35.5. The molecule has 0 aromatic heterocycles. The minimum atomic E-state index is -0.620. The van der Waals surface area contributed by atoms with E-state index in [-0.39, 0.29) is 19.0 Å². The molecule has 0 fully saturated rings. The molecule has 5 nitrogen and oxygen atoms in total. The monoisotopic (exact) mass is 339 g/mol. The van der Waals surface area contributed by atoms with Crippen LogP contribution < -0.4 is 19.5 Å². The summed E-state index contributed by atoms with van der Waals surface area (Å²) >= 11 is 6.15. The van der Waals surface area contributed by atoms with Gasteiger partial charge in [0.05, 0.1) is 14.2 Å². The Morgan fingerprint density at radius 3 is 2.33 bits per heavy atom. The van der Waals surface area contributed by atoms with Gasteiger partial charge in [-0.15, -0.1) is 12.4 Å². The average molecular weight is 340 g/mol. The molecule has 7 heteroatoms. The molecule has 1 aromatic rings. The molecule has 0 aliphatic rings. The first-order chi connectivity index (χ1) is 9.47. The van der Waals surface area contributed by atoms with Gasteiger partial charge in [-0.25, -0.2) is 0 Å². The molecule has 0 heterocycles. The molecule has 0 aliphatic heterocycles. The van der Waals surface area contributed by atoms with Crippen LogP contribution >= 0.6 is 24.0 Å². The summed E-state index contributed by atoms with van der Waals surface area (Å²) < 4.78 is 15.8. The number of nitrogens with one attached hydrogen (secondary N) is 1. The Morgan fingerprint density at radius 1 is 1.19 bits per heavy atom. The molecule has 0 aliphatic carbocycles. The van der Waals surface area contributed by atoms with Crippen LogP contribution in [0.4, 0.5) is 0 Å². The summed E-state index contributed by atoms with van der Waals surface area (Å²) in [5, 5.41) is 13.3. The summed E-state index contributed by atoms with van der Waals surface area (Å²) in [5.74, 6) is 1.47. The number of methoxy groups -OCH3 is 2. The Bertz CT molecular complexity index is 430. The highest BCUT2D eigenvalue weighted by Crippen LogP contribution is 2.38. The zero-order chi connectivity index (χ0) is 15.1. The van der Waals surface area contributed by atoms with Crippen LogP contribution in [-0.4, -0.2) is 44.6 Å². The van der Waals surface area contributed by atoms with Gasteiger partial charge in [0.2, 0.25) is 0 Å². The number of aliphatic hydroxyl groups is 1. The van der Waals surface area contributed by atoms with Gasteiger partial charge in [-0.05, 0) is 0 Å². The Labute approximate surface area is 136 Å². The van der Waals surface area contributed by atoms with E-state index in [1.54, 1.807) is 19.2 Å². The molecular weight excluding hydrogens is 317 g/mol. The first-order valence-electron chi connectivity index (χ1n) is 6.43. The minimum absolute atomic E-state index is 0. The predicted octanol–water partition coefficient (Wildman–Crippen LogP) is 2.52. The van der Waals surface area contributed by atoms with Crippen LogP contribution in [-0.2, 0) is 0 Å². The van der Waals surface area contributed by atoms with Crippen molar-refractivity contribution >= 4 is 24.0 Å². The predicted molar refractivity (Wildman–Crippen MR) is 86.4 cm³/mol. The molecule has 1 unspecified atom stereocenters. The van der Waals surface area contributed by atoms with Crippen molar-refractivity contribution in [2.45, 2.75) is 26.0 Å². The lowest BCUT2D eigenvalue weighted by molar-refractivity contribution is 0.104. The van der Waals surface area contributed by atoms with E-state index in [0.717, 1.165) is 0 Å². The Hall–Kier alpha value is -0.880. The molecule has 0 bridgehead atoms. The summed E-state index contributed by atoms with van der Waals surface area (Å²) in [4.78, 5) is 0. The van der Waals surface area contributed by atoms with Crippen molar-refractivity contribution in [3.8, 4) is 17.2 Å². The lowest BCUT2D eigenvalue weighted by Gasteiger charge is -2.17. The number of hydrogen-bond donors (Lipinski definition) is 2. The number of aliphatic hydroxyl groups excluding tert-OH is 1. The topological polar surface area (TPSA) is 60.0 Å². The van der Waals surface area contributed by atoms with Crippen LogP contribution in [0, 0.1) is 0 Å². The van der Waals surface area contributed by atoms with Crippen LogP contribution in [0.2, 0.25) is 5.02 Å². The second-order valence-electron chi connectivity index (χ2n) is 4.67. The lowest BCUT2D eigenvalue weighted by Crippen LogP contribution is -2.35. The molecule has 1 aromatic carbocycles. The van der Waals surface area contributed by atoms with Gasteiger partial charge in [-0.3, -0.25) is 0 Å². The van der Waals surface area contributed by atoms with Gasteiger partial charge in [-0.2, -0.15) is 0 Å². The molecule has 0 radical (unpaired) electrons. The molecule has 2 N–H and O–H groups in total. The maximum Gasteiger partial charge on any atom is 0.145 e. The van der Waals surface area contributed by atoms with Gasteiger partial charge in [0, 0.05) is 24.7 Å². The largest absolute Gasteiger partial charge is 0.496 e. The van der Waals surface area contributed by atoms with Crippen molar-refractivity contribution in [3.05, 3.63) is 17.2 Å². The third kappa shape index (κ3) is 6.61. The maximum absolute atomic E-state index is 9.81. The quantitative estimate of drug-likeness (QED) is 0.762. The number of hydrogen-bond acceptors (Lipinski definition) is 5. The third-order valence-electron chi connectivity index (χ3n) is 2.63. The highest BCUT2D eigenvalue weighted by molar-refractivity contribution is 6.33. The van der Waals surface area contributed by atoms with E-state index < -0.39 is 6.10 Å². The Kier molecular flexibility index (Phi) is 9.53. The molecule has 21 heavy (non-hydrogen) atoms. The molecule has 122 valence electrons. The molecule has 0 spiro atoms. The van der Waals surface area contributed by atoms with E-state index in [1.165, 1.54) is 7.11 Å². The van der Waals surface area contributed by atoms with Gasteiger partial charge < -0.3 is 24.6 Å². The second kappa shape index (κ2) is 9.95. The molecule has 1 atom stereocenters. The first kappa shape index (κ1) is 20.1. The molecule has 0 saturated heterocycles. The number of benzene rings is 1. The maximum atomic E-state index is 9.81. The number of halogens is 2. The van der Waals surface area contributed by atoms with E-state index in [4.69, 9.17) is 25.8 Å². The Balaban J connectivity index is 0.00000400. The fourth-order valence-electron chi connectivity index (χ4n) is 1.54. The smallest absolute Gasteiger partial charge is 0.145 e. The van der Waals surface area contributed by atoms with Crippen LogP contribution in [0.3, 0.4) is 0 Å². The zero-order valence-corrected chi connectivity index (χ0v) is 14.3. The van der Waals surface area contributed by atoms with E-state index in [2.05, 4.69) is 5.32 Å².